The predicted molar refractivity (Wildman–Crippen MR) is 53.7 cm³/mol. The standard InChI is InChI=1S/C7H11N2OPS/c1-5-7-6-10-11(12,8(2)3)9(7)4/h1,6H,2-4H3. The smallest absolute Gasteiger partial charge is 0.278 e. The number of allylic oxidation sites excluding steroid dienone is 1. The summed E-state index contributed by atoms with van der Waals surface area (Å²) in [6, 6.07) is 0. The van der Waals surface area contributed by atoms with Gasteiger partial charge >= 0.3 is 0 Å². The molecule has 0 saturated heterocycles. The number of hydrogen-bond donors (Lipinski definition) is 0. The van der Waals surface area contributed by atoms with Gasteiger partial charge in [0, 0.05) is 7.05 Å². The lowest BCUT2D eigenvalue weighted by atomic mass is 10.5. The van der Waals surface area contributed by atoms with E-state index in [1.54, 1.807) is 6.26 Å². The Morgan fingerprint density at radius 3 is 2.58 bits per heavy atom. The molecule has 12 heavy (non-hydrogen) atoms. The Kier molecular flexibility index (Phi) is 2.48. The first kappa shape index (κ1) is 9.60. The van der Waals surface area contributed by atoms with Gasteiger partial charge in [0.1, 0.15) is 12.0 Å². The van der Waals surface area contributed by atoms with Crippen LogP contribution in [-0.2, 0) is 16.3 Å². The van der Waals surface area contributed by atoms with Crippen LogP contribution in [0.5, 0.6) is 0 Å². The summed E-state index contributed by atoms with van der Waals surface area (Å²) in [5.74, 6) is 2.52. The summed E-state index contributed by atoms with van der Waals surface area (Å²) in [7, 11) is 5.65. The Labute approximate surface area is 78.2 Å². The van der Waals surface area contributed by atoms with Gasteiger partial charge in [-0.25, -0.2) is 4.67 Å². The molecule has 0 radical (unpaired) electrons. The molecule has 0 bridgehead atoms. The fraction of sp³-hybridized carbons (Fsp3) is 0.429. The molecule has 1 rings (SSSR count). The van der Waals surface area contributed by atoms with E-state index in [4.69, 9.17) is 22.8 Å². The van der Waals surface area contributed by atoms with Crippen LogP contribution in [0.4, 0.5) is 0 Å². The first-order chi connectivity index (χ1) is 5.52. The molecule has 0 aromatic carbocycles. The molecular formula is C7H11N2OPS. The van der Waals surface area contributed by atoms with Crippen molar-refractivity contribution in [2.24, 2.45) is 0 Å². The van der Waals surface area contributed by atoms with Crippen molar-refractivity contribution in [3.8, 4) is 12.3 Å². The maximum absolute atomic E-state index is 5.39. The molecule has 0 spiro atoms. The van der Waals surface area contributed by atoms with Gasteiger partial charge in [0.15, 0.2) is 0 Å². The fourth-order valence-corrected chi connectivity index (χ4v) is 2.77. The fourth-order valence-electron chi connectivity index (χ4n) is 0.892. The van der Waals surface area contributed by atoms with Crippen molar-refractivity contribution < 1.29 is 4.52 Å². The SMILES string of the molecule is C#CC1=COP(=S)(N(C)C)N1C. The molecule has 1 aliphatic rings. The second-order valence-electron chi connectivity index (χ2n) is 2.61. The Balaban J connectivity index is 2.94. The van der Waals surface area contributed by atoms with Crippen LogP contribution in [0.3, 0.4) is 0 Å². The van der Waals surface area contributed by atoms with E-state index in [2.05, 4.69) is 5.92 Å². The summed E-state index contributed by atoms with van der Waals surface area (Å²) in [5.41, 5.74) is 0.715. The Bertz CT molecular complexity index is 305. The highest BCUT2D eigenvalue weighted by molar-refractivity contribution is 8.10. The van der Waals surface area contributed by atoms with E-state index in [-0.39, 0.29) is 0 Å². The van der Waals surface area contributed by atoms with Crippen LogP contribution in [0.2, 0.25) is 0 Å². The lowest BCUT2D eigenvalue weighted by Gasteiger charge is -2.29. The van der Waals surface area contributed by atoms with Gasteiger partial charge in [-0.05, 0) is 31.8 Å². The molecule has 1 unspecified atom stereocenters. The minimum absolute atomic E-state index is 0.715. The highest BCUT2D eigenvalue weighted by Gasteiger charge is 2.33. The molecule has 0 amide bonds. The van der Waals surface area contributed by atoms with Crippen molar-refractivity contribution in [1.29, 1.82) is 0 Å². The maximum Gasteiger partial charge on any atom is 0.278 e. The lowest BCUT2D eigenvalue weighted by molar-refractivity contribution is 0.457. The molecular weight excluding hydrogens is 191 g/mol. The van der Waals surface area contributed by atoms with Crippen LogP contribution < -0.4 is 0 Å². The normalized spacial score (nSPS) is 28.2. The van der Waals surface area contributed by atoms with Crippen LogP contribution in [0.15, 0.2) is 12.0 Å². The molecule has 5 heteroatoms. The molecule has 1 heterocycles. The largest absolute Gasteiger partial charge is 0.442 e. The predicted octanol–water partition coefficient (Wildman–Crippen LogP) is 1.21. The highest BCUT2D eigenvalue weighted by Crippen LogP contribution is 2.57. The first-order valence-corrected chi connectivity index (χ1v) is 6.02. The molecule has 0 aromatic rings. The van der Waals surface area contributed by atoms with E-state index in [1.807, 2.05) is 30.5 Å². The van der Waals surface area contributed by atoms with E-state index in [1.165, 1.54) is 0 Å². The van der Waals surface area contributed by atoms with Crippen LogP contribution in [0.25, 0.3) is 0 Å². The second-order valence-corrected chi connectivity index (χ2v) is 6.63. The van der Waals surface area contributed by atoms with Gasteiger partial charge in [-0.15, -0.1) is 6.42 Å². The van der Waals surface area contributed by atoms with Gasteiger partial charge in [0.05, 0.1) is 0 Å². The zero-order chi connectivity index (χ0) is 9.35. The summed E-state index contributed by atoms with van der Waals surface area (Å²) in [4.78, 5) is 0. The van der Waals surface area contributed by atoms with Gasteiger partial charge in [-0.1, -0.05) is 0 Å². The monoisotopic (exact) mass is 202 g/mol. The molecule has 0 fully saturated rings. The Hall–Kier alpha value is -0.490. The van der Waals surface area contributed by atoms with Crippen LogP contribution in [0.1, 0.15) is 0 Å². The van der Waals surface area contributed by atoms with E-state index in [0.29, 0.717) is 5.70 Å². The summed E-state index contributed by atoms with van der Waals surface area (Å²) in [5, 5.41) is 0. The maximum atomic E-state index is 5.39. The molecule has 1 aliphatic heterocycles. The quantitative estimate of drug-likeness (QED) is 0.469. The average molecular weight is 202 g/mol. The molecule has 3 nitrogen and oxygen atoms in total. The Morgan fingerprint density at radius 1 is 1.75 bits per heavy atom. The molecule has 66 valence electrons. The summed E-state index contributed by atoms with van der Waals surface area (Å²) < 4.78 is 9.13. The van der Waals surface area contributed by atoms with E-state index in [0.717, 1.165) is 0 Å². The van der Waals surface area contributed by atoms with Gasteiger partial charge < -0.3 is 4.52 Å². The third kappa shape index (κ3) is 1.25. The van der Waals surface area contributed by atoms with Crippen molar-refractivity contribution >= 4 is 18.4 Å². The third-order valence-corrected chi connectivity index (χ3v) is 6.02. The van der Waals surface area contributed by atoms with Gasteiger partial charge in [-0.2, -0.15) is 0 Å². The minimum Gasteiger partial charge on any atom is -0.442 e. The molecule has 0 saturated carbocycles. The van der Waals surface area contributed by atoms with E-state index >= 15 is 0 Å². The van der Waals surface area contributed by atoms with Gasteiger partial charge in [-0.3, -0.25) is 4.67 Å². The number of terminal acetylenes is 1. The van der Waals surface area contributed by atoms with Crippen LogP contribution in [0, 0.1) is 12.3 Å². The van der Waals surface area contributed by atoms with Crippen molar-refractivity contribution in [2.45, 2.75) is 0 Å². The number of hydrogen-bond acceptors (Lipinski definition) is 2. The molecule has 0 N–H and O–H groups in total. The van der Waals surface area contributed by atoms with Crippen molar-refractivity contribution in [3.63, 3.8) is 0 Å². The zero-order valence-corrected chi connectivity index (χ0v) is 9.02. The van der Waals surface area contributed by atoms with Gasteiger partial charge in [0.2, 0.25) is 0 Å². The molecule has 0 aliphatic carbocycles. The number of nitrogens with zero attached hydrogens (tertiary/aromatic N) is 2. The topological polar surface area (TPSA) is 15.7 Å². The number of rotatable bonds is 1. The van der Waals surface area contributed by atoms with Crippen molar-refractivity contribution in [2.75, 3.05) is 21.1 Å². The second kappa shape index (κ2) is 3.10. The van der Waals surface area contributed by atoms with E-state index in [9.17, 15) is 0 Å². The van der Waals surface area contributed by atoms with Crippen molar-refractivity contribution in [1.82, 2.24) is 9.34 Å². The van der Waals surface area contributed by atoms with Crippen LogP contribution >= 0.6 is 6.57 Å². The minimum atomic E-state index is -2.04. The first-order valence-electron chi connectivity index (χ1n) is 3.39. The zero-order valence-electron chi connectivity index (χ0n) is 7.31. The lowest BCUT2D eigenvalue weighted by Crippen LogP contribution is -2.19. The molecule has 1 atom stereocenters. The van der Waals surface area contributed by atoms with Crippen LogP contribution in [-0.4, -0.2) is 30.5 Å². The summed E-state index contributed by atoms with van der Waals surface area (Å²) >= 11 is 5.35. The van der Waals surface area contributed by atoms with E-state index < -0.39 is 6.57 Å². The van der Waals surface area contributed by atoms with Gasteiger partial charge in [0.25, 0.3) is 6.57 Å². The highest BCUT2D eigenvalue weighted by atomic mass is 32.5. The third-order valence-electron chi connectivity index (χ3n) is 1.68. The van der Waals surface area contributed by atoms with Crippen molar-refractivity contribution in [3.05, 3.63) is 12.0 Å². The molecule has 0 aromatic heterocycles. The Morgan fingerprint density at radius 2 is 2.33 bits per heavy atom. The summed E-state index contributed by atoms with van der Waals surface area (Å²) in [6.45, 7) is -2.04. The summed E-state index contributed by atoms with van der Waals surface area (Å²) in [6.07, 6.45) is 6.81. The average Bonchev–Trinajstić information content (AvgIpc) is 2.31.